The highest BCUT2D eigenvalue weighted by atomic mass is 19.1. The molecule has 3 rings (SSSR count). The third kappa shape index (κ3) is 3.00. The van der Waals surface area contributed by atoms with E-state index in [1.807, 2.05) is 4.90 Å². The number of halogens is 2. The molecule has 4 unspecified atom stereocenters. The minimum Gasteiger partial charge on any atom is -0.393 e. The lowest BCUT2D eigenvalue weighted by molar-refractivity contribution is -0.133. The monoisotopic (exact) mass is 309 g/mol. The number of aliphatic hydroxyl groups excluding tert-OH is 1. The molecule has 2 aliphatic rings. The van der Waals surface area contributed by atoms with Gasteiger partial charge in [-0.3, -0.25) is 4.79 Å². The number of hydrogen-bond donors (Lipinski definition) is 1. The molecule has 1 saturated carbocycles. The summed E-state index contributed by atoms with van der Waals surface area (Å²) < 4.78 is 27.1. The largest absolute Gasteiger partial charge is 0.393 e. The molecule has 22 heavy (non-hydrogen) atoms. The molecule has 1 heterocycles. The Morgan fingerprint density at radius 2 is 2.23 bits per heavy atom. The van der Waals surface area contributed by atoms with E-state index in [1.165, 1.54) is 6.07 Å². The van der Waals surface area contributed by atoms with E-state index in [0.29, 0.717) is 24.9 Å². The van der Waals surface area contributed by atoms with Crippen LogP contribution in [0.25, 0.3) is 0 Å². The molecule has 1 aromatic rings. The molecule has 0 aromatic heterocycles. The zero-order valence-electron chi connectivity index (χ0n) is 12.6. The van der Waals surface area contributed by atoms with Crippen molar-refractivity contribution in [1.82, 2.24) is 4.90 Å². The van der Waals surface area contributed by atoms with Crippen LogP contribution in [0.5, 0.6) is 0 Å². The van der Waals surface area contributed by atoms with Crippen LogP contribution < -0.4 is 0 Å². The summed E-state index contributed by atoms with van der Waals surface area (Å²) in [7, 11) is 0. The molecule has 0 spiro atoms. The highest BCUT2D eigenvalue weighted by Crippen LogP contribution is 2.50. The van der Waals surface area contributed by atoms with E-state index < -0.39 is 17.7 Å². The Balaban J connectivity index is 1.68. The lowest BCUT2D eigenvalue weighted by Gasteiger charge is -2.26. The quantitative estimate of drug-likeness (QED) is 0.929. The molecule has 0 radical (unpaired) electrons. The molecule has 3 nitrogen and oxygen atoms in total. The lowest BCUT2D eigenvalue weighted by Crippen LogP contribution is -2.38. The number of carbonyl (C=O) groups is 1. The number of rotatable bonds is 4. The summed E-state index contributed by atoms with van der Waals surface area (Å²) in [6.45, 7) is 2.42. The van der Waals surface area contributed by atoms with Gasteiger partial charge < -0.3 is 10.0 Å². The first-order valence-corrected chi connectivity index (χ1v) is 7.91. The van der Waals surface area contributed by atoms with Gasteiger partial charge in [0.15, 0.2) is 0 Å². The summed E-state index contributed by atoms with van der Waals surface area (Å²) >= 11 is 0. The minimum absolute atomic E-state index is 0.0248. The smallest absolute Gasteiger partial charge is 0.226 e. The molecule has 0 bridgehead atoms. The van der Waals surface area contributed by atoms with E-state index in [4.69, 9.17) is 0 Å². The van der Waals surface area contributed by atoms with Gasteiger partial charge in [-0.2, -0.15) is 0 Å². The van der Waals surface area contributed by atoms with Gasteiger partial charge in [-0.1, -0.05) is 0 Å². The lowest BCUT2D eigenvalue weighted by atomic mass is 10.1. The van der Waals surface area contributed by atoms with E-state index in [-0.39, 0.29) is 23.8 Å². The van der Waals surface area contributed by atoms with Crippen LogP contribution in [0.3, 0.4) is 0 Å². The zero-order chi connectivity index (χ0) is 15.9. The summed E-state index contributed by atoms with van der Waals surface area (Å²) in [5.41, 5.74) is 0.310. The number of aliphatic hydroxyl groups is 1. The Morgan fingerprint density at radius 3 is 2.95 bits per heavy atom. The first-order chi connectivity index (χ1) is 10.5. The maximum atomic E-state index is 13.8. The van der Waals surface area contributed by atoms with Crippen molar-refractivity contribution in [3.05, 3.63) is 35.4 Å². The molecule has 1 saturated heterocycles. The fourth-order valence-electron chi connectivity index (χ4n) is 3.59. The van der Waals surface area contributed by atoms with Crippen molar-refractivity contribution in [2.45, 2.75) is 50.7 Å². The molecule has 1 aliphatic carbocycles. The van der Waals surface area contributed by atoms with Crippen LogP contribution in [0.4, 0.5) is 8.78 Å². The molecular weight excluding hydrogens is 288 g/mol. The van der Waals surface area contributed by atoms with Gasteiger partial charge in [-0.05, 0) is 62.3 Å². The molecule has 1 aliphatic heterocycles. The third-order valence-electron chi connectivity index (χ3n) is 4.74. The number of nitrogens with zero attached hydrogens (tertiary/aromatic N) is 1. The van der Waals surface area contributed by atoms with Crippen LogP contribution in [0.15, 0.2) is 18.2 Å². The molecule has 120 valence electrons. The number of benzene rings is 1. The van der Waals surface area contributed by atoms with E-state index in [1.54, 1.807) is 6.92 Å². The first-order valence-electron chi connectivity index (χ1n) is 7.91. The molecule has 1 N–H and O–H groups in total. The summed E-state index contributed by atoms with van der Waals surface area (Å²) in [6.07, 6.45) is 2.57. The summed E-state index contributed by atoms with van der Waals surface area (Å²) in [6, 6.07) is 3.49. The second-order valence-electron chi connectivity index (χ2n) is 6.53. The standard InChI is InChI=1S/C17H21F2NO2/c1-10(21)7-12-3-2-6-20(12)17(22)15-9-13(15)14-8-11(18)4-5-16(14)19/h4-5,8,10,12-13,15,21H,2-3,6-7,9H2,1H3. The average Bonchev–Trinajstić information content (AvgIpc) is 3.13. The van der Waals surface area contributed by atoms with Crippen LogP contribution in [0.1, 0.15) is 44.1 Å². The van der Waals surface area contributed by atoms with Crippen LogP contribution in [-0.4, -0.2) is 34.6 Å². The van der Waals surface area contributed by atoms with Crippen LogP contribution >= 0.6 is 0 Å². The summed E-state index contributed by atoms with van der Waals surface area (Å²) in [5, 5.41) is 9.53. The molecule has 2 fully saturated rings. The SMILES string of the molecule is CC(O)CC1CCCN1C(=O)C1CC1c1cc(F)ccc1F. The summed E-state index contributed by atoms with van der Waals surface area (Å²) in [4.78, 5) is 14.4. The van der Waals surface area contributed by atoms with Gasteiger partial charge in [0.1, 0.15) is 11.6 Å². The van der Waals surface area contributed by atoms with Crippen LogP contribution in [0, 0.1) is 17.6 Å². The number of likely N-dealkylation sites (tertiary alicyclic amines) is 1. The Bertz CT molecular complexity index is 576. The Labute approximate surface area is 128 Å². The van der Waals surface area contributed by atoms with Crippen molar-refractivity contribution < 1.29 is 18.7 Å². The topological polar surface area (TPSA) is 40.5 Å². The highest BCUT2D eigenvalue weighted by Gasteiger charge is 2.48. The van der Waals surface area contributed by atoms with Crippen LogP contribution in [-0.2, 0) is 4.79 Å². The fraction of sp³-hybridized carbons (Fsp3) is 0.588. The average molecular weight is 309 g/mol. The van der Waals surface area contributed by atoms with E-state index in [9.17, 15) is 18.7 Å². The van der Waals surface area contributed by atoms with Gasteiger partial charge in [0.25, 0.3) is 0 Å². The molecule has 5 heteroatoms. The van der Waals surface area contributed by atoms with Crippen molar-refractivity contribution in [3.8, 4) is 0 Å². The predicted molar refractivity (Wildman–Crippen MR) is 78.2 cm³/mol. The number of carbonyl (C=O) groups excluding carboxylic acids is 1. The maximum Gasteiger partial charge on any atom is 0.226 e. The minimum atomic E-state index is -0.470. The van der Waals surface area contributed by atoms with Crippen molar-refractivity contribution in [1.29, 1.82) is 0 Å². The van der Waals surface area contributed by atoms with Crippen molar-refractivity contribution in [2.75, 3.05) is 6.54 Å². The second kappa shape index (κ2) is 5.95. The first kappa shape index (κ1) is 15.4. The molecule has 1 aromatic carbocycles. The van der Waals surface area contributed by atoms with E-state index in [0.717, 1.165) is 25.0 Å². The summed E-state index contributed by atoms with van der Waals surface area (Å²) in [5.74, 6) is -1.34. The van der Waals surface area contributed by atoms with Gasteiger partial charge in [-0.25, -0.2) is 8.78 Å². The van der Waals surface area contributed by atoms with Crippen molar-refractivity contribution >= 4 is 5.91 Å². The van der Waals surface area contributed by atoms with Gasteiger partial charge in [0.2, 0.25) is 5.91 Å². The fourth-order valence-corrected chi connectivity index (χ4v) is 3.59. The highest BCUT2D eigenvalue weighted by molar-refractivity contribution is 5.83. The van der Waals surface area contributed by atoms with Gasteiger partial charge in [-0.15, -0.1) is 0 Å². The van der Waals surface area contributed by atoms with E-state index in [2.05, 4.69) is 0 Å². The molecule has 4 atom stereocenters. The second-order valence-corrected chi connectivity index (χ2v) is 6.53. The maximum absolute atomic E-state index is 13.8. The molecular formula is C17H21F2NO2. The van der Waals surface area contributed by atoms with Gasteiger partial charge in [0, 0.05) is 18.5 Å². The number of amides is 1. The van der Waals surface area contributed by atoms with Gasteiger partial charge in [0.05, 0.1) is 6.10 Å². The molecule has 1 amide bonds. The predicted octanol–water partition coefficient (Wildman–Crippen LogP) is 2.83. The normalized spacial score (nSPS) is 28.7. The zero-order valence-corrected chi connectivity index (χ0v) is 12.6. The van der Waals surface area contributed by atoms with Gasteiger partial charge >= 0.3 is 0 Å². The third-order valence-corrected chi connectivity index (χ3v) is 4.74. The van der Waals surface area contributed by atoms with Crippen LogP contribution in [0.2, 0.25) is 0 Å². The number of hydrogen-bond acceptors (Lipinski definition) is 2. The van der Waals surface area contributed by atoms with E-state index >= 15 is 0 Å². The van der Waals surface area contributed by atoms with Crippen molar-refractivity contribution in [2.24, 2.45) is 5.92 Å². The van der Waals surface area contributed by atoms with Crippen molar-refractivity contribution in [3.63, 3.8) is 0 Å². The Hall–Kier alpha value is -1.49. The Morgan fingerprint density at radius 1 is 1.45 bits per heavy atom. The Kier molecular flexibility index (Phi) is 4.17.